The number of hydrogen-bond donors (Lipinski definition) is 2. The van der Waals surface area contributed by atoms with E-state index in [0.29, 0.717) is 58.3 Å². The molecule has 2 atom stereocenters. The summed E-state index contributed by atoms with van der Waals surface area (Å²) in [5, 5.41) is 27.4. The van der Waals surface area contributed by atoms with Crippen molar-refractivity contribution >= 4 is 35.0 Å². The maximum Gasteiger partial charge on any atom is 0.269 e. The number of hydrogen-bond acceptors (Lipinski definition) is 8. The first-order valence-electron chi connectivity index (χ1n) is 15.2. The van der Waals surface area contributed by atoms with E-state index in [9.17, 15) is 39.4 Å². The van der Waals surface area contributed by atoms with Crippen molar-refractivity contribution in [3.8, 4) is 0 Å². The number of likely N-dealkylation sites (tertiary alicyclic amines) is 2. The van der Waals surface area contributed by atoms with Crippen LogP contribution in [0.25, 0.3) is 0 Å². The van der Waals surface area contributed by atoms with Crippen LogP contribution in [-0.2, 0) is 32.3 Å². The summed E-state index contributed by atoms with van der Waals surface area (Å²) in [7, 11) is 0. The van der Waals surface area contributed by atoms with E-state index in [0.717, 1.165) is 24.0 Å². The number of benzene rings is 2. The molecule has 0 bridgehead atoms. The Hall–Kier alpha value is -4.88. The zero-order valence-electron chi connectivity index (χ0n) is 25.0. The molecule has 4 amide bonds. The number of carbonyl (C=O) groups is 4. The van der Waals surface area contributed by atoms with Crippen LogP contribution in [0.2, 0.25) is 0 Å². The van der Waals surface area contributed by atoms with Gasteiger partial charge in [0.1, 0.15) is 12.1 Å². The Morgan fingerprint density at radius 1 is 0.667 bits per heavy atom. The Bertz CT molecular complexity index is 1290. The van der Waals surface area contributed by atoms with Gasteiger partial charge in [-0.05, 0) is 49.7 Å². The topological polar surface area (TPSA) is 185 Å². The molecule has 2 N–H and O–H groups in total. The number of piperidine rings is 2. The standard InChI is InChI=1S/C31H38N6O8/c38-28(32-26-6-4-18-34(30(26)40)20-22-10-14-24(15-11-22)36(42)43)8-2-1-3-9-29(39)33-27-7-5-19-35(31(27)41)21-23-12-16-25(17-13-23)37(44)45/h10-17,26-27H,1-9,18-21H2,(H,32,38)(H,33,39). The lowest BCUT2D eigenvalue weighted by Gasteiger charge is -2.32. The Morgan fingerprint density at radius 3 is 1.40 bits per heavy atom. The zero-order chi connectivity index (χ0) is 32.3. The maximum atomic E-state index is 12.9. The Balaban J connectivity index is 1.12. The lowest BCUT2D eigenvalue weighted by molar-refractivity contribution is -0.385. The molecule has 2 aromatic carbocycles. The highest BCUT2D eigenvalue weighted by molar-refractivity contribution is 5.89. The van der Waals surface area contributed by atoms with E-state index in [2.05, 4.69) is 10.6 Å². The summed E-state index contributed by atoms with van der Waals surface area (Å²) < 4.78 is 0. The van der Waals surface area contributed by atoms with Gasteiger partial charge in [-0.3, -0.25) is 39.4 Å². The molecule has 2 aliphatic heterocycles. The van der Waals surface area contributed by atoms with Crippen LogP contribution in [0.15, 0.2) is 48.5 Å². The number of nitrogens with zero attached hydrogens (tertiary/aromatic N) is 4. The number of amides is 4. The van der Waals surface area contributed by atoms with Gasteiger partial charge in [0.25, 0.3) is 11.4 Å². The van der Waals surface area contributed by atoms with Gasteiger partial charge in [-0.25, -0.2) is 0 Å². The first-order valence-corrected chi connectivity index (χ1v) is 15.2. The first-order chi connectivity index (χ1) is 21.6. The highest BCUT2D eigenvalue weighted by Crippen LogP contribution is 2.20. The van der Waals surface area contributed by atoms with Crippen LogP contribution in [0.3, 0.4) is 0 Å². The molecule has 0 spiro atoms. The second-order valence-corrected chi connectivity index (χ2v) is 11.5. The van der Waals surface area contributed by atoms with Crippen molar-refractivity contribution in [3.63, 3.8) is 0 Å². The number of non-ortho nitro benzene ring substituents is 2. The summed E-state index contributed by atoms with van der Waals surface area (Å²) >= 11 is 0. The Labute approximate surface area is 260 Å². The average molecular weight is 623 g/mol. The lowest BCUT2D eigenvalue weighted by atomic mass is 10.0. The molecule has 0 aromatic heterocycles. The number of carbonyl (C=O) groups excluding carboxylic acids is 4. The number of nitro groups is 2. The van der Waals surface area contributed by atoms with Gasteiger partial charge in [-0.15, -0.1) is 0 Å². The molecule has 2 saturated heterocycles. The van der Waals surface area contributed by atoms with Crippen LogP contribution in [0, 0.1) is 20.2 Å². The predicted octanol–water partition coefficient (Wildman–Crippen LogP) is 3.37. The van der Waals surface area contributed by atoms with E-state index >= 15 is 0 Å². The molecule has 0 saturated carbocycles. The fourth-order valence-electron chi connectivity index (χ4n) is 5.63. The Morgan fingerprint density at radius 2 is 1.04 bits per heavy atom. The Kier molecular flexibility index (Phi) is 11.5. The second kappa shape index (κ2) is 15.7. The molecule has 0 radical (unpaired) electrons. The summed E-state index contributed by atoms with van der Waals surface area (Å²) in [4.78, 5) is 75.0. The van der Waals surface area contributed by atoms with Crippen LogP contribution in [0.4, 0.5) is 11.4 Å². The van der Waals surface area contributed by atoms with Gasteiger partial charge < -0.3 is 20.4 Å². The monoisotopic (exact) mass is 622 g/mol. The van der Waals surface area contributed by atoms with Gasteiger partial charge in [0.05, 0.1) is 9.85 Å². The van der Waals surface area contributed by atoms with Gasteiger partial charge in [-0.1, -0.05) is 30.7 Å². The van der Waals surface area contributed by atoms with Crippen molar-refractivity contribution < 1.29 is 29.0 Å². The molecule has 240 valence electrons. The lowest BCUT2D eigenvalue weighted by Crippen LogP contribution is -2.51. The molecule has 2 aliphatic rings. The van der Waals surface area contributed by atoms with Gasteiger partial charge in [0, 0.05) is 63.3 Å². The summed E-state index contributed by atoms with van der Waals surface area (Å²) in [5.74, 6) is -0.798. The third kappa shape index (κ3) is 9.55. The predicted molar refractivity (Wildman–Crippen MR) is 162 cm³/mol. The third-order valence-electron chi connectivity index (χ3n) is 8.08. The van der Waals surface area contributed by atoms with Crippen LogP contribution in [0.1, 0.15) is 68.9 Å². The molecule has 45 heavy (non-hydrogen) atoms. The summed E-state index contributed by atoms with van der Waals surface area (Å²) in [6.07, 6.45) is 4.76. The maximum absolute atomic E-state index is 12.9. The zero-order valence-corrected chi connectivity index (χ0v) is 25.0. The molecule has 2 aromatic rings. The molecule has 2 unspecified atom stereocenters. The van der Waals surface area contributed by atoms with E-state index in [-0.39, 0.29) is 47.8 Å². The van der Waals surface area contributed by atoms with Crippen LogP contribution in [0.5, 0.6) is 0 Å². The largest absolute Gasteiger partial charge is 0.344 e. The number of nitrogens with one attached hydrogen (secondary N) is 2. The van der Waals surface area contributed by atoms with Crippen molar-refractivity contribution in [2.45, 2.75) is 83.0 Å². The summed E-state index contributed by atoms with van der Waals surface area (Å²) in [5.41, 5.74) is 1.52. The second-order valence-electron chi connectivity index (χ2n) is 11.5. The summed E-state index contributed by atoms with van der Waals surface area (Å²) in [6, 6.07) is 10.9. The SMILES string of the molecule is O=C(CCCCCC(=O)NC1CCCN(Cc2ccc([N+](=O)[O-])cc2)C1=O)NC1CCCN(Cc2ccc([N+](=O)[O-])cc2)C1=O. The highest BCUT2D eigenvalue weighted by atomic mass is 16.6. The quantitative estimate of drug-likeness (QED) is 0.182. The number of nitro benzene ring substituents is 2. The molecule has 2 heterocycles. The van der Waals surface area contributed by atoms with E-state index in [1.807, 2.05) is 0 Å². The van der Waals surface area contributed by atoms with Gasteiger partial charge in [-0.2, -0.15) is 0 Å². The minimum Gasteiger partial charge on any atom is -0.344 e. The molecular weight excluding hydrogens is 584 g/mol. The molecular formula is C31H38N6O8. The number of unbranched alkanes of at least 4 members (excludes halogenated alkanes) is 2. The number of rotatable bonds is 14. The fourth-order valence-corrected chi connectivity index (χ4v) is 5.63. The van der Waals surface area contributed by atoms with Crippen molar-refractivity contribution in [2.24, 2.45) is 0 Å². The minimum atomic E-state index is -0.608. The fraction of sp³-hybridized carbons (Fsp3) is 0.484. The van der Waals surface area contributed by atoms with Crippen molar-refractivity contribution in [1.82, 2.24) is 20.4 Å². The highest BCUT2D eigenvalue weighted by Gasteiger charge is 2.31. The van der Waals surface area contributed by atoms with E-state index in [1.165, 1.54) is 24.3 Å². The van der Waals surface area contributed by atoms with E-state index in [4.69, 9.17) is 0 Å². The average Bonchev–Trinajstić information content (AvgIpc) is 3.01. The van der Waals surface area contributed by atoms with E-state index in [1.54, 1.807) is 34.1 Å². The van der Waals surface area contributed by atoms with Gasteiger partial charge in [0.15, 0.2) is 0 Å². The normalized spacial score (nSPS) is 18.4. The van der Waals surface area contributed by atoms with Crippen LogP contribution < -0.4 is 10.6 Å². The molecule has 14 nitrogen and oxygen atoms in total. The third-order valence-corrected chi connectivity index (χ3v) is 8.08. The minimum absolute atomic E-state index is 0.0149. The smallest absolute Gasteiger partial charge is 0.269 e. The summed E-state index contributed by atoms with van der Waals surface area (Å²) in [6.45, 7) is 1.73. The molecule has 0 aliphatic carbocycles. The van der Waals surface area contributed by atoms with Crippen LogP contribution in [-0.4, -0.2) is 68.4 Å². The molecule has 2 fully saturated rings. The van der Waals surface area contributed by atoms with Gasteiger partial charge in [0.2, 0.25) is 23.6 Å². The first kappa shape index (κ1) is 33.0. The van der Waals surface area contributed by atoms with E-state index < -0.39 is 21.9 Å². The van der Waals surface area contributed by atoms with Gasteiger partial charge >= 0.3 is 0 Å². The van der Waals surface area contributed by atoms with Crippen molar-refractivity contribution in [1.29, 1.82) is 0 Å². The van der Waals surface area contributed by atoms with Crippen molar-refractivity contribution in [3.05, 3.63) is 79.9 Å². The van der Waals surface area contributed by atoms with Crippen molar-refractivity contribution in [2.75, 3.05) is 13.1 Å². The van der Waals surface area contributed by atoms with Crippen LogP contribution >= 0.6 is 0 Å². The molecule has 4 rings (SSSR count). The molecule has 14 heteroatoms.